The number of hydrogen-bond donors (Lipinski definition) is 2. The lowest BCUT2D eigenvalue weighted by Crippen LogP contribution is -2.18. The Morgan fingerprint density at radius 2 is 1.73 bits per heavy atom. The maximum atomic E-state index is 8.73. The normalized spacial score (nSPS) is 32.7. The van der Waals surface area contributed by atoms with Gasteiger partial charge < -0.3 is 10.2 Å². The Morgan fingerprint density at radius 1 is 1.18 bits per heavy atom. The molecule has 0 atom stereocenters. The Hall–Kier alpha value is -0.0800. The van der Waals surface area contributed by atoms with Gasteiger partial charge in [0, 0.05) is 6.42 Å². The Bertz CT molecular complexity index is 104. The minimum Gasteiger partial charge on any atom is -0.368 e. The Morgan fingerprint density at radius 3 is 2.18 bits per heavy atom. The molecule has 0 spiro atoms. The quantitative estimate of drug-likeness (QED) is 0.598. The van der Waals surface area contributed by atoms with E-state index in [1.54, 1.807) is 0 Å². The van der Waals surface area contributed by atoms with Gasteiger partial charge in [0.1, 0.15) is 0 Å². The Balaban J connectivity index is 2.17. The van der Waals surface area contributed by atoms with Gasteiger partial charge in [0.25, 0.3) is 0 Å². The van der Waals surface area contributed by atoms with Crippen molar-refractivity contribution in [2.24, 2.45) is 11.8 Å². The summed E-state index contributed by atoms with van der Waals surface area (Å²) in [5.74, 6) is 1.41. The van der Waals surface area contributed by atoms with E-state index < -0.39 is 6.29 Å². The Kier molecular flexibility index (Phi) is 3.34. The molecule has 0 amide bonds. The van der Waals surface area contributed by atoms with Gasteiger partial charge >= 0.3 is 0 Å². The fourth-order valence-electron chi connectivity index (χ4n) is 1.86. The third kappa shape index (κ3) is 3.21. The molecule has 2 nitrogen and oxygen atoms in total. The summed E-state index contributed by atoms with van der Waals surface area (Å²) in [5, 5.41) is 17.5. The SMILES string of the molecule is CC1CCC(CC(O)O)CC1. The molecule has 1 aliphatic rings. The van der Waals surface area contributed by atoms with Crippen molar-refractivity contribution in [1.82, 2.24) is 0 Å². The molecule has 0 unspecified atom stereocenters. The largest absolute Gasteiger partial charge is 0.368 e. The molecule has 0 aromatic carbocycles. The van der Waals surface area contributed by atoms with Crippen LogP contribution in [0, 0.1) is 11.8 Å². The molecule has 0 aliphatic heterocycles. The second kappa shape index (κ2) is 4.07. The van der Waals surface area contributed by atoms with Crippen molar-refractivity contribution >= 4 is 0 Å². The summed E-state index contributed by atoms with van der Waals surface area (Å²) < 4.78 is 0. The predicted octanol–water partition coefficient (Wildman–Crippen LogP) is 1.51. The smallest absolute Gasteiger partial charge is 0.151 e. The minimum absolute atomic E-state index is 0.561. The lowest BCUT2D eigenvalue weighted by molar-refractivity contribution is -0.0597. The van der Waals surface area contributed by atoms with E-state index in [4.69, 9.17) is 10.2 Å². The van der Waals surface area contributed by atoms with Gasteiger partial charge in [-0.25, -0.2) is 0 Å². The highest BCUT2D eigenvalue weighted by Crippen LogP contribution is 2.30. The lowest BCUT2D eigenvalue weighted by atomic mass is 9.81. The number of aliphatic hydroxyl groups excluding tert-OH is 1. The van der Waals surface area contributed by atoms with Gasteiger partial charge in [-0.15, -0.1) is 0 Å². The maximum absolute atomic E-state index is 8.73. The van der Waals surface area contributed by atoms with E-state index in [-0.39, 0.29) is 0 Å². The Labute approximate surface area is 68.2 Å². The van der Waals surface area contributed by atoms with E-state index in [0.717, 1.165) is 5.92 Å². The van der Waals surface area contributed by atoms with Gasteiger partial charge in [-0.3, -0.25) is 0 Å². The summed E-state index contributed by atoms with van der Waals surface area (Å²) in [4.78, 5) is 0. The first-order chi connectivity index (χ1) is 5.18. The number of aliphatic hydroxyl groups is 2. The van der Waals surface area contributed by atoms with Crippen LogP contribution in [0.3, 0.4) is 0 Å². The molecule has 0 aromatic heterocycles. The summed E-state index contributed by atoms with van der Waals surface area (Å²) in [7, 11) is 0. The molecular formula is C9H18O2. The maximum Gasteiger partial charge on any atom is 0.151 e. The van der Waals surface area contributed by atoms with Crippen molar-refractivity contribution in [3.63, 3.8) is 0 Å². The third-order valence-electron chi connectivity index (χ3n) is 2.68. The highest BCUT2D eigenvalue weighted by molar-refractivity contribution is 4.70. The second-order valence-corrected chi connectivity index (χ2v) is 3.84. The zero-order chi connectivity index (χ0) is 8.27. The summed E-state index contributed by atoms with van der Waals surface area (Å²) in [6.07, 6.45) is 4.37. The molecule has 1 fully saturated rings. The molecule has 1 saturated carbocycles. The van der Waals surface area contributed by atoms with Crippen LogP contribution in [0.4, 0.5) is 0 Å². The molecule has 0 saturated heterocycles. The fourth-order valence-corrected chi connectivity index (χ4v) is 1.86. The van der Waals surface area contributed by atoms with E-state index >= 15 is 0 Å². The molecule has 1 aliphatic carbocycles. The average molecular weight is 158 g/mol. The summed E-state index contributed by atoms with van der Waals surface area (Å²) >= 11 is 0. The zero-order valence-corrected chi connectivity index (χ0v) is 7.16. The van der Waals surface area contributed by atoms with Gasteiger partial charge in [0.05, 0.1) is 0 Å². The van der Waals surface area contributed by atoms with Crippen molar-refractivity contribution in [2.75, 3.05) is 0 Å². The second-order valence-electron chi connectivity index (χ2n) is 3.84. The predicted molar refractivity (Wildman–Crippen MR) is 44.0 cm³/mol. The van der Waals surface area contributed by atoms with Gasteiger partial charge in [-0.2, -0.15) is 0 Å². The van der Waals surface area contributed by atoms with Gasteiger partial charge in [0.15, 0.2) is 6.29 Å². The van der Waals surface area contributed by atoms with Crippen molar-refractivity contribution in [3.05, 3.63) is 0 Å². The van der Waals surface area contributed by atoms with Crippen LogP contribution in [0.25, 0.3) is 0 Å². The van der Waals surface area contributed by atoms with Crippen LogP contribution in [0.2, 0.25) is 0 Å². The zero-order valence-electron chi connectivity index (χ0n) is 7.16. The van der Waals surface area contributed by atoms with E-state index in [2.05, 4.69) is 6.92 Å². The number of hydrogen-bond acceptors (Lipinski definition) is 2. The molecule has 0 radical (unpaired) electrons. The van der Waals surface area contributed by atoms with E-state index in [1.807, 2.05) is 0 Å². The van der Waals surface area contributed by atoms with E-state index in [1.165, 1.54) is 25.7 Å². The van der Waals surface area contributed by atoms with E-state index in [0.29, 0.717) is 12.3 Å². The van der Waals surface area contributed by atoms with Crippen molar-refractivity contribution in [3.8, 4) is 0 Å². The molecule has 0 bridgehead atoms. The highest BCUT2D eigenvalue weighted by Gasteiger charge is 2.19. The first-order valence-corrected chi connectivity index (χ1v) is 4.54. The van der Waals surface area contributed by atoms with Crippen LogP contribution in [-0.2, 0) is 0 Å². The van der Waals surface area contributed by atoms with Crippen LogP contribution < -0.4 is 0 Å². The van der Waals surface area contributed by atoms with Crippen LogP contribution in [0.15, 0.2) is 0 Å². The molecule has 1 rings (SSSR count). The minimum atomic E-state index is -1.09. The van der Waals surface area contributed by atoms with Gasteiger partial charge in [0.2, 0.25) is 0 Å². The molecule has 11 heavy (non-hydrogen) atoms. The van der Waals surface area contributed by atoms with Crippen molar-refractivity contribution < 1.29 is 10.2 Å². The van der Waals surface area contributed by atoms with E-state index in [9.17, 15) is 0 Å². The molecular weight excluding hydrogens is 140 g/mol. The summed E-state index contributed by atoms with van der Waals surface area (Å²) in [5.41, 5.74) is 0. The molecule has 66 valence electrons. The summed E-state index contributed by atoms with van der Waals surface area (Å²) in [6.45, 7) is 2.27. The molecule has 0 heterocycles. The lowest BCUT2D eigenvalue weighted by Gasteiger charge is -2.26. The van der Waals surface area contributed by atoms with Crippen molar-refractivity contribution in [1.29, 1.82) is 0 Å². The fraction of sp³-hybridized carbons (Fsp3) is 1.00. The average Bonchev–Trinajstić information content (AvgIpc) is 1.93. The number of rotatable bonds is 2. The molecule has 0 aromatic rings. The summed E-state index contributed by atoms with van der Waals surface area (Å²) in [6, 6.07) is 0. The standard InChI is InChI=1S/C9H18O2/c1-7-2-4-8(5-3-7)6-9(10)11/h7-11H,2-6H2,1H3. The first kappa shape index (κ1) is 9.01. The monoisotopic (exact) mass is 158 g/mol. The van der Waals surface area contributed by atoms with Gasteiger partial charge in [-0.1, -0.05) is 32.6 Å². The molecule has 2 N–H and O–H groups in total. The third-order valence-corrected chi connectivity index (χ3v) is 2.68. The van der Waals surface area contributed by atoms with Crippen molar-refractivity contribution in [2.45, 2.75) is 45.3 Å². The van der Waals surface area contributed by atoms with Crippen LogP contribution in [0.5, 0.6) is 0 Å². The van der Waals surface area contributed by atoms with Crippen LogP contribution >= 0.6 is 0 Å². The van der Waals surface area contributed by atoms with Crippen LogP contribution in [-0.4, -0.2) is 16.5 Å². The van der Waals surface area contributed by atoms with Crippen LogP contribution in [0.1, 0.15) is 39.0 Å². The first-order valence-electron chi connectivity index (χ1n) is 4.54. The topological polar surface area (TPSA) is 40.5 Å². The highest BCUT2D eigenvalue weighted by atomic mass is 16.5. The van der Waals surface area contributed by atoms with Gasteiger partial charge in [-0.05, 0) is 11.8 Å². The molecule has 2 heteroatoms.